The first-order chi connectivity index (χ1) is 27.7. The fraction of sp³-hybridized carbons (Fsp3) is 0. The topological polar surface area (TPSA) is 51.8 Å². The number of furan rings is 1. The van der Waals surface area contributed by atoms with Crippen LogP contribution >= 0.6 is 11.3 Å². The van der Waals surface area contributed by atoms with Gasteiger partial charge in [-0.2, -0.15) is 0 Å². The Bertz CT molecular complexity index is 3240. The lowest BCUT2D eigenvalue weighted by atomic mass is 9.96. The maximum atomic E-state index is 6.50. The van der Waals surface area contributed by atoms with Crippen molar-refractivity contribution in [1.29, 1.82) is 0 Å². The van der Waals surface area contributed by atoms with Crippen molar-refractivity contribution in [3.05, 3.63) is 188 Å². The molecule has 0 N–H and O–H groups in total. The number of hydrogen-bond acceptors (Lipinski definition) is 5. The first-order valence-electron chi connectivity index (χ1n) is 18.7. The lowest BCUT2D eigenvalue weighted by molar-refractivity contribution is 0.669. The molecule has 11 rings (SSSR count). The average Bonchev–Trinajstić information content (AvgIpc) is 3.85. The zero-order valence-electron chi connectivity index (χ0n) is 30.1. The zero-order valence-corrected chi connectivity index (χ0v) is 30.9. The van der Waals surface area contributed by atoms with Gasteiger partial charge in [-0.25, -0.2) is 15.0 Å². The van der Waals surface area contributed by atoms with Crippen molar-refractivity contribution in [2.75, 3.05) is 0 Å². The Labute approximate surface area is 327 Å². The Balaban J connectivity index is 1.05. The first kappa shape index (κ1) is 32.2. The molecule has 3 heterocycles. The van der Waals surface area contributed by atoms with Gasteiger partial charge < -0.3 is 4.42 Å². The van der Waals surface area contributed by atoms with Crippen LogP contribution in [-0.4, -0.2) is 15.0 Å². The van der Waals surface area contributed by atoms with Crippen molar-refractivity contribution in [2.45, 2.75) is 0 Å². The van der Waals surface area contributed by atoms with E-state index in [1.807, 2.05) is 36.4 Å². The minimum Gasteiger partial charge on any atom is -0.456 e. The zero-order chi connectivity index (χ0) is 37.0. The number of fused-ring (bicyclic) bond motifs is 6. The normalized spacial score (nSPS) is 11.6. The summed E-state index contributed by atoms with van der Waals surface area (Å²) >= 11 is 1.79. The van der Waals surface area contributed by atoms with Gasteiger partial charge >= 0.3 is 0 Å². The summed E-state index contributed by atoms with van der Waals surface area (Å²) in [7, 11) is 0. The third-order valence-electron chi connectivity index (χ3n) is 10.6. The van der Waals surface area contributed by atoms with Crippen molar-refractivity contribution in [3.63, 3.8) is 0 Å². The Hall–Kier alpha value is -7.21. The molecular weight excluding hydrogens is 703 g/mol. The molecule has 4 nitrogen and oxygen atoms in total. The highest BCUT2D eigenvalue weighted by Crippen LogP contribution is 2.42. The van der Waals surface area contributed by atoms with Gasteiger partial charge in [0.2, 0.25) is 0 Å². The van der Waals surface area contributed by atoms with Crippen molar-refractivity contribution in [2.24, 2.45) is 0 Å². The van der Waals surface area contributed by atoms with Crippen molar-refractivity contribution in [3.8, 4) is 67.5 Å². The quantitative estimate of drug-likeness (QED) is 0.171. The molecule has 8 aromatic carbocycles. The first-order valence-corrected chi connectivity index (χ1v) is 19.5. The molecule has 0 saturated heterocycles. The summed E-state index contributed by atoms with van der Waals surface area (Å²) in [6.45, 7) is 0. The van der Waals surface area contributed by atoms with Gasteiger partial charge in [-0.15, -0.1) is 11.3 Å². The molecule has 0 amide bonds. The molecular formula is C51H31N3OS. The summed E-state index contributed by atoms with van der Waals surface area (Å²) in [4.78, 5) is 15.6. The largest absolute Gasteiger partial charge is 0.456 e. The van der Waals surface area contributed by atoms with Crippen LogP contribution in [0.1, 0.15) is 0 Å². The monoisotopic (exact) mass is 733 g/mol. The van der Waals surface area contributed by atoms with E-state index in [4.69, 9.17) is 19.4 Å². The molecule has 0 unspecified atom stereocenters. The molecule has 0 spiro atoms. The summed E-state index contributed by atoms with van der Waals surface area (Å²) in [5.74, 6) is 1.87. The van der Waals surface area contributed by atoms with Gasteiger partial charge in [0, 0.05) is 47.6 Å². The van der Waals surface area contributed by atoms with Gasteiger partial charge in [-0.05, 0) is 69.8 Å². The van der Waals surface area contributed by atoms with Gasteiger partial charge in [0.15, 0.2) is 17.5 Å². The van der Waals surface area contributed by atoms with Crippen LogP contribution in [0.3, 0.4) is 0 Å². The second kappa shape index (κ2) is 13.3. The van der Waals surface area contributed by atoms with Gasteiger partial charge in [-0.3, -0.25) is 0 Å². The summed E-state index contributed by atoms with van der Waals surface area (Å²) < 4.78 is 8.95. The number of hydrogen-bond donors (Lipinski definition) is 0. The van der Waals surface area contributed by atoms with Crippen molar-refractivity contribution < 1.29 is 4.42 Å². The van der Waals surface area contributed by atoms with E-state index in [1.165, 1.54) is 37.0 Å². The number of rotatable bonds is 6. The minimum atomic E-state index is 0.602. The summed E-state index contributed by atoms with van der Waals surface area (Å²) in [5.41, 5.74) is 11.4. The van der Waals surface area contributed by atoms with E-state index in [2.05, 4.69) is 152 Å². The molecule has 0 saturated carbocycles. The molecule has 3 aromatic heterocycles. The fourth-order valence-corrected chi connectivity index (χ4v) is 8.98. The minimum absolute atomic E-state index is 0.602. The molecule has 0 atom stereocenters. The van der Waals surface area contributed by atoms with Gasteiger partial charge in [0.05, 0.1) is 0 Å². The van der Waals surface area contributed by atoms with Gasteiger partial charge in [-0.1, -0.05) is 152 Å². The Morgan fingerprint density at radius 1 is 0.321 bits per heavy atom. The lowest BCUT2D eigenvalue weighted by Gasteiger charge is -2.10. The van der Waals surface area contributed by atoms with Crippen LogP contribution < -0.4 is 0 Å². The van der Waals surface area contributed by atoms with E-state index >= 15 is 0 Å². The maximum absolute atomic E-state index is 6.50. The van der Waals surface area contributed by atoms with Crippen LogP contribution in [0.4, 0.5) is 0 Å². The van der Waals surface area contributed by atoms with E-state index in [1.54, 1.807) is 11.3 Å². The van der Waals surface area contributed by atoms with Crippen molar-refractivity contribution in [1.82, 2.24) is 15.0 Å². The highest BCUT2D eigenvalue weighted by molar-refractivity contribution is 7.25. The molecule has 262 valence electrons. The summed E-state index contributed by atoms with van der Waals surface area (Å²) in [5, 5.41) is 4.36. The van der Waals surface area contributed by atoms with Gasteiger partial charge in [0.1, 0.15) is 11.2 Å². The highest BCUT2D eigenvalue weighted by atomic mass is 32.1. The second-order valence-electron chi connectivity index (χ2n) is 14.0. The molecule has 0 fully saturated rings. The SMILES string of the molecule is c1ccc(-c2ccc(-c3cccc(-c4ccc5oc6cccc(-c7nc(-c8ccccc8)nc(-c8cccc9sc%10ccccc%10c89)n7)c6c5c4)c3)cc2)cc1. The Kier molecular flexibility index (Phi) is 7.64. The predicted octanol–water partition coefficient (Wildman–Crippen LogP) is 14.1. The van der Waals surface area contributed by atoms with Crippen LogP contribution in [0.15, 0.2) is 192 Å². The van der Waals surface area contributed by atoms with Crippen LogP contribution in [0.5, 0.6) is 0 Å². The van der Waals surface area contributed by atoms with Crippen LogP contribution in [0.25, 0.3) is 110 Å². The third-order valence-corrected chi connectivity index (χ3v) is 11.7. The van der Waals surface area contributed by atoms with E-state index < -0.39 is 0 Å². The van der Waals surface area contributed by atoms with Crippen LogP contribution in [0, 0.1) is 0 Å². The molecule has 11 aromatic rings. The predicted molar refractivity (Wildman–Crippen MR) is 233 cm³/mol. The lowest BCUT2D eigenvalue weighted by Crippen LogP contribution is -2.00. The number of aromatic nitrogens is 3. The Morgan fingerprint density at radius 3 is 1.61 bits per heavy atom. The highest BCUT2D eigenvalue weighted by Gasteiger charge is 2.20. The van der Waals surface area contributed by atoms with E-state index in [0.717, 1.165) is 55.1 Å². The summed E-state index contributed by atoms with van der Waals surface area (Å²) in [6.07, 6.45) is 0. The van der Waals surface area contributed by atoms with E-state index in [-0.39, 0.29) is 0 Å². The second-order valence-corrected chi connectivity index (χ2v) is 15.0. The number of nitrogens with zero attached hydrogens (tertiary/aromatic N) is 3. The molecule has 56 heavy (non-hydrogen) atoms. The average molecular weight is 734 g/mol. The molecule has 5 heteroatoms. The number of benzene rings is 8. The van der Waals surface area contributed by atoms with Crippen LogP contribution in [-0.2, 0) is 0 Å². The van der Waals surface area contributed by atoms with Crippen LogP contribution in [0.2, 0.25) is 0 Å². The van der Waals surface area contributed by atoms with Gasteiger partial charge in [0.25, 0.3) is 0 Å². The van der Waals surface area contributed by atoms with E-state index in [0.29, 0.717) is 17.5 Å². The van der Waals surface area contributed by atoms with E-state index in [9.17, 15) is 0 Å². The molecule has 0 aliphatic rings. The maximum Gasteiger partial charge on any atom is 0.164 e. The molecule has 0 bridgehead atoms. The molecule has 0 aliphatic carbocycles. The third kappa shape index (κ3) is 5.56. The summed E-state index contributed by atoms with van der Waals surface area (Å²) in [6, 6.07) is 65.7. The molecule has 0 radical (unpaired) electrons. The smallest absolute Gasteiger partial charge is 0.164 e. The Morgan fingerprint density at radius 2 is 0.839 bits per heavy atom. The van der Waals surface area contributed by atoms with Crippen molar-refractivity contribution >= 4 is 53.4 Å². The number of thiophene rings is 1. The fourth-order valence-electron chi connectivity index (χ4n) is 7.85. The standard InChI is InChI=1S/C51H31N3OS/c1-3-12-32(13-4-1)33-24-26-34(27-25-33)36-16-9-17-37(30-36)38-28-29-43-42(31-38)47-40(19-10-21-44(47)55-43)50-52-49(35-14-5-2-6-15-35)53-51(54-50)41-20-11-23-46-48(41)39-18-7-8-22-45(39)56-46/h1-31H. The molecule has 0 aliphatic heterocycles.